The van der Waals surface area contributed by atoms with Gasteiger partial charge in [0.2, 0.25) is 5.91 Å². The minimum Gasteiger partial charge on any atom is -0.349 e. The number of hydrogen-bond acceptors (Lipinski definition) is 3. The highest BCUT2D eigenvalue weighted by Crippen LogP contribution is 2.15. The van der Waals surface area contributed by atoms with Gasteiger partial charge in [-0.3, -0.25) is 9.59 Å². The minimum atomic E-state index is -0.650. The van der Waals surface area contributed by atoms with Gasteiger partial charge in [-0.15, -0.1) is 11.3 Å². The van der Waals surface area contributed by atoms with E-state index < -0.39 is 17.8 Å². The Morgan fingerprint density at radius 1 is 1.17 bits per heavy atom. The van der Waals surface area contributed by atoms with Crippen LogP contribution in [0.1, 0.15) is 34.6 Å². The average molecular weight is 348 g/mol. The molecule has 0 aliphatic rings. The lowest BCUT2D eigenvalue weighted by Gasteiger charge is -2.21. The van der Waals surface area contributed by atoms with Crippen molar-refractivity contribution in [3.8, 4) is 0 Å². The highest BCUT2D eigenvalue weighted by atomic mass is 32.1. The maximum Gasteiger partial charge on any atom is 0.251 e. The predicted molar refractivity (Wildman–Crippen MR) is 93.4 cm³/mol. The maximum atomic E-state index is 12.9. The van der Waals surface area contributed by atoms with E-state index in [-0.39, 0.29) is 11.8 Å². The monoisotopic (exact) mass is 348 g/mol. The number of halogens is 1. The Morgan fingerprint density at radius 3 is 2.38 bits per heavy atom. The van der Waals surface area contributed by atoms with Crippen molar-refractivity contribution in [3.05, 3.63) is 57.5 Å². The summed E-state index contributed by atoms with van der Waals surface area (Å²) >= 11 is 1.59. The van der Waals surface area contributed by atoms with Crippen molar-refractivity contribution in [2.75, 3.05) is 0 Å². The summed E-state index contributed by atoms with van der Waals surface area (Å²) in [4.78, 5) is 25.8. The number of thiophene rings is 1. The van der Waals surface area contributed by atoms with Gasteiger partial charge in [0.1, 0.15) is 11.9 Å². The molecule has 1 aromatic heterocycles. The van der Waals surface area contributed by atoms with Crippen molar-refractivity contribution >= 4 is 23.2 Å². The van der Waals surface area contributed by atoms with Crippen LogP contribution < -0.4 is 10.6 Å². The molecule has 0 saturated carbocycles. The van der Waals surface area contributed by atoms with Crippen LogP contribution in [-0.2, 0) is 11.3 Å². The van der Waals surface area contributed by atoms with Crippen LogP contribution in [0.5, 0.6) is 0 Å². The molecular weight excluding hydrogens is 327 g/mol. The van der Waals surface area contributed by atoms with E-state index in [1.54, 1.807) is 11.3 Å². The summed E-state index contributed by atoms with van der Waals surface area (Å²) in [5.41, 5.74) is 1.46. The lowest BCUT2D eigenvalue weighted by atomic mass is 10.0. The second kappa shape index (κ2) is 8.06. The van der Waals surface area contributed by atoms with Crippen LogP contribution in [0.25, 0.3) is 0 Å². The first-order valence-corrected chi connectivity index (χ1v) is 8.63. The van der Waals surface area contributed by atoms with Crippen LogP contribution in [-0.4, -0.2) is 17.9 Å². The Kier molecular flexibility index (Phi) is 6.09. The number of carbonyl (C=O) groups is 2. The van der Waals surface area contributed by atoms with Crippen LogP contribution in [0.3, 0.4) is 0 Å². The van der Waals surface area contributed by atoms with Gasteiger partial charge in [0.05, 0.1) is 6.54 Å². The molecule has 6 heteroatoms. The molecule has 0 bridgehead atoms. The molecule has 1 aromatic carbocycles. The first kappa shape index (κ1) is 18.1. The molecule has 2 rings (SSSR count). The van der Waals surface area contributed by atoms with Crippen molar-refractivity contribution in [1.82, 2.24) is 10.6 Å². The van der Waals surface area contributed by atoms with Crippen LogP contribution in [0, 0.1) is 18.7 Å². The Hall–Kier alpha value is -2.21. The fraction of sp³-hybridized carbons (Fsp3) is 0.333. The molecule has 1 atom stereocenters. The standard InChI is InChI=1S/C18H21FN2O2S/c1-11(2)16(18(23)20-10-15-12(3)8-9-24-15)21-17(22)13-4-6-14(19)7-5-13/h4-9,11,16H,10H2,1-3H3,(H,20,23)(H,21,22). The van der Waals surface area contributed by atoms with Gasteiger partial charge >= 0.3 is 0 Å². The summed E-state index contributed by atoms with van der Waals surface area (Å²) in [6.45, 7) is 6.17. The molecular formula is C18H21FN2O2S. The van der Waals surface area contributed by atoms with Gasteiger partial charge in [-0.05, 0) is 54.1 Å². The summed E-state index contributed by atoms with van der Waals surface area (Å²) in [7, 11) is 0. The van der Waals surface area contributed by atoms with Crippen molar-refractivity contribution in [3.63, 3.8) is 0 Å². The minimum absolute atomic E-state index is 0.0705. The Bertz CT molecular complexity index is 710. The normalized spacial score (nSPS) is 12.0. The molecule has 0 saturated heterocycles. The number of benzene rings is 1. The molecule has 0 aliphatic heterocycles. The second-order valence-electron chi connectivity index (χ2n) is 5.95. The molecule has 2 N–H and O–H groups in total. The first-order valence-electron chi connectivity index (χ1n) is 7.75. The van der Waals surface area contributed by atoms with E-state index >= 15 is 0 Å². The molecule has 2 aromatic rings. The number of carbonyl (C=O) groups excluding carboxylic acids is 2. The van der Waals surface area contributed by atoms with Crippen molar-refractivity contribution < 1.29 is 14.0 Å². The van der Waals surface area contributed by atoms with E-state index in [2.05, 4.69) is 10.6 Å². The first-order chi connectivity index (χ1) is 11.4. The van der Waals surface area contributed by atoms with Crippen molar-refractivity contribution in [2.24, 2.45) is 5.92 Å². The number of hydrogen-bond donors (Lipinski definition) is 2. The zero-order chi connectivity index (χ0) is 17.7. The Balaban J connectivity index is 2.00. The Morgan fingerprint density at radius 2 is 1.83 bits per heavy atom. The van der Waals surface area contributed by atoms with Crippen LogP contribution in [0.15, 0.2) is 35.7 Å². The zero-order valence-electron chi connectivity index (χ0n) is 13.9. The third kappa shape index (κ3) is 4.64. The summed E-state index contributed by atoms with van der Waals surface area (Å²) < 4.78 is 12.9. The third-order valence-corrected chi connectivity index (χ3v) is 4.76. The topological polar surface area (TPSA) is 58.2 Å². The van der Waals surface area contributed by atoms with E-state index in [0.717, 1.165) is 10.4 Å². The smallest absolute Gasteiger partial charge is 0.251 e. The van der Waals surface area contributed by atoms with Gasteiger partial charge in [-0.1, -0.05) is 13.8 Å². The SMILES string of the molecule is Cc1ccsc1CNC(=O)C(NC(=O)c1ccc(F)cc1)C(C)C. The predicted octanol–water partition coefficient (Wildman–Crippen LogP) is 3.27. The van der Waals surface area contributed by atoms with Crippen molar-refractivity contribution in [2.45, 2.75) is 33.4 Å². The van der Waals surface area contributed by atoms with Crippen LogP contribution in [0.4, 0.5) is 4.39 Å². The van der Waals surface area contributed by atoms with Gasteiger partial charge < -0.3 is 10.6 Å². The average Bonchev–Trinajstić information content (AvgIpc) is 2.95. The highest BCUT2D eigenvalue weighted by Gasteiger charge is 2.24. The molecule has 128 valence electrons. The molecule has 1 heterocycles. The van der Waals surface area contributed by atoms with E-state index in [4.69, 9.17) is 0 Å². The lowest BCUT2D eigenvalue weighted by Crippen LogP contribution is -2.49. The zero-order valence-corrected chi connectivity index (χ0v) is 14.7. The summed E-state index contributed by atoms with van der Waals surface area (Å²) in [5, 5.41) is 7.58. The number of amides is 2. The van der Waals surface area contributed by atoms with Crippen LogP contribution in [0.2, 0.25) is 0 Å². The number of aryl methyl sites for hydroxylation is 1. The largest absolute Gasteiger partial charge is 0.349 e. The molecule has 0 spiro atoms. The van der Waals surface area contributed by atoms with E-state index in [1.165, 1.54) is 24.3 Å². The highest BCUT2D eigenvalue weighted by molar-refractivity contribution is 7.10. The van der Waals surface area contributed by atoms with Gasteiger partial charge in [0, 0.05) is 10.4 Å². The van der Waals surface area contributed by atoms with Crippen molar-refractivity contribution in [1.29, 1.82) is 0 Å². The molecule has 0 fully saturated rings. The molecule has 1 unspecified atom stereocenters. The quantitative estimate of drug-likeness (QED) is 0.842. The molecule has 0 aliphatic carbocycles. The number of nitrogens with one attached hydrogen (secondary N) is 2. The summed E-state index contributed by atoms with van der Waals surface area (Å²) in [5.74, 6) is -1.10. The van der Waals surface area contributed by atoms with E-state index in [0.29, 0.717) is 12.1 Å². The van der Waals surface area contributed by atoms with E-state index in [9.17, 15) is 14.0 Å². The fourth-order valence-corrected chi connectivity index (χ4v) is 3.07. The van der Waals surface area contributed by atoms with Crippen LogP contribution >= 0.6 is 11.3 Å². The fourth-order valence-electron chi connectivity index (χ4n) is 2.22. The van der Waals surface area contributed by atoms with Gasteiger partial charge in [0.25, 0.3) is 5.91 Å². The van der Waals surface area contributed by atoms with Gasteiger partial charge in [0.15, 0.2) is 0 Å². The van der Waals surface area contributed by atoms with Gasteiger partial charge in [-0.2, -0.15) is 0 Å². The second-order valence-corrected chi connectivity index (χ2v) is 6.95. The number of rotatable bonds is 6. The van der Waals surface area contributed by atoms with Gasteiger partial charge in [-0.25, -0.2) is 4.39 Å². The molecule has 2 amide bonds. The molecule has 24 heavy (non-hydrogen) atoms. The van der Waals surface area contributed by atoms with E-state index in [1.807, 2.05) is 32.2 Å². The Labute approximate surface area is 145 Å². The third-order valence-electron chi connectivity index (χ3n) is 3.73. The summed E-state index contributed by atoms with van der Waals surface area (Å²) in [6.07, 6.45) is 0. The molecule has 4 nitrogen and oxygen atoms in total. The summed E-state index contributed by atoms with van der Waals surface area (Å²) in [6, 6.07) is 6.59. The maximum absolute atomic E-state index is 12.9. The lowest BCUT2D eigenvalue weighted by molar-refractivity contribution is -0.124. The molecule has 0 radical (unpaired) electrons.